The Balaban J connectivity index is 1.97. The van der Waals surface area contributed by atoms with E-state index >= 15 is 0 Å². The number of aryl methyl sites for hydroxylation is 1. The standard InChI is InChI=1S/C21H23Cl2N3O/c1-13(2)17-11-25-26(21-18(22)5-4-6-19(21)23)20(17)12-27-16-8-7-15(10-24)14(3)9-16/h4-9,11,13H,10,12,24H2,1-3H3. The molecule has 0 aliphatic carbocycles. The van der Waals surface area contributed by atoms with Crippen LogP contribution in [0.1, 0.15) is 42.1 Å². The van der Waals surface area contributed by atoms with Crippen LogP contribution in [0.5, 0.6) is 5.75 Å². The molecule has 0 saturated carbocycles. The van der Waals surface area contributed by atoms with Crippen LogP contribution in [0.25, 0.3) is 5.69 Å². The van der Waals surface area contributed by atoms with Gasteiger partial charge in [-0.1, -0.05) is 49.2 Å². The van der Waals surface area contributed by atoms with Gasteiger partial charge in [0.1, 0.15) is 18.0 Å². The second kappa shape index (κ2) is 8.34. The van der Waals surface area contributed by atoms with Crippen LogP contribution >= 0.6 is 23.2 Å². The van der Waals surface area contributed by atoms with Gasteiger partial charge in [0.25, 0.3) is 0 Å². The lowest BCUT2D eigenvalue weighted by Gasteiger charge is -2.15. The van der Waals surface area contributed by atoms with Crippen LogP contribution in [0.3, 0.4) is 0 Å². The van der Waals surface area contributed by atoms with E-state index in [0.717, 1.165) is 28.1 Å². The summed E-state index contributed by atoms with van der Waals surface area (Å²) in [5.41, 5.74) is 10.7. The molecule has 1 heterocycles. The second-order valence-corrected chi connectivity index (χ2v) is 7.58. The molecule has 0 fully saturated rings. The lowest BCUT2D eigenvalue weighted by Crippen LogP contribution is -2.09. The molecule has 3 aromatic rings. The molecule has 0 saturated heterocycles. The van der Waals surface area contributed by atoms with Crippen LogP contribution in [0.4, 0.5) is 0 Å². The average molecular weight is 404 g/mol. The molecular formula is C21H23Cl2N3O. The molecule has 0 unspecified atom stereocenters. The molecule has 0 amide bonds. The highest BCUT2D eigenvalue weighted by molar-refractivity contribution is 6.37. The highest BCUT2D eigenvalue weighted by atomic mass is 35.5. The van der Waals surface area contributed by atoms with Gasteiger partial charge in [0.15, 0.2) is 0 Å². The van der Waals surface area contributed by atoms with Gasteiger partial charge in [0.2, 0.25) is 0 Å². The number of aromatic nitrogens is 2. The monoisotopic (exact) mass is 403 g/mol. The Morgan fingerprint density at radius 3 is 2.44 bits per heavy atom. The number of hydrogen-bond acceptors (Lipinski definition) is 3. The van der Waals surface area contributed by atoms with E-state index in [1.54, 1.807) is 16.8 Å². The fraction of sp³-hybridized carbons (Fsp3) is 0.286. The minimum atomic E-state index is 0.292. The molecule has 3 rings (SSSR count). The van der Waals surface area contributed by atoms with E-state index in [0.29, 0.717) is 34.8 Å². The summed E-state index contributed by atoms with van der Waals surface area (Å²) < 4.78 is 7.85. The molecule has 0 aliphatic heterocycles. The third-order valence-corrected chi connectivity index (χ3v) is 5.19. The lowest BCUT2D eigenvalue weighted by atomic mass is 10.0. The van der Waals surface area contributed by atoms with E-state index in [-0.39, 0.29) is 0 Å². The molecule has 0 bridgehead atoms. The number of rotatable bonds is 6. The van der Waals surface area contributed by atoms with Crippen molar-refractivity contribution >= 4 is 23.2 Å². The van der Waals surface area contributed by atoms with Gasteiger partial charge < -0.3 is 10.5 Å². The van der Waals surface area contributed by atoms with Crippen LogP contribution in [0, 0.1) is 6.92 Å². The van der Waals surface area contributed by atoms with Crippen molar-refractivity contribution in [1.82, 2.24) is 9.78 Å². The minimum Gasteiger partial charge on any atom is -0.487 e. The van der Waals surface area contributed by atoms with Gasteiger partial charge in [-0.3, -0.25) is 0 Å². The van der Waals surface area contributed by atoms with Gasteiger partial charge in [0, 0.05) is 6.54 Å². The van der Waals surface area contributed by atoms with E-state index in [1.807, 2.05) is 37.4 Å². The van der Waals surface area contributed by atoms with Crippen molar-refractivity contribution in [2.24, 2.45) is 5.73 Å². The maximum atomic E-state index is 6.40. The quantitative estimate of drug-likeness (QED) is 0.578. The first kappa shape index (κ1) is 19.7. The third-order valence-electron chi connectivity index (χ3n) is 4.58. The lowest BCUT2D eigenvalue weighted by molar-refractivity contribution is 0.295. The second-order valence-electron chi connectivity index (χ2n) is 6.76. The van der Waals surface area contributed by atoms with E-state index in [4.69, 9.17) is 33.7 Å². The zero-order valence-corrected chi connectivity index (χ0v) is 17.2. The minimum absolute atomic E-state index is 0.292. The molecule has 0 radical (unpaired) electrons. The molecule has 6 heteroatoms. The van der Waals surface area contributed by atoms with E-state index in [9.17, 15) is 0 Å². The van der Waals surface area contributed by atoms with Crippen molar-refractivity contribution in [3.63, 3.8) is 0 Å². The molecule has 4 nitrogen and oxygen atoms in total. The summed E-state index contributed by atoms with van der Waals surface area (Å²) in [6, 6.07) is 11.4. The zero-order valence-electron chi connectivity index (χ0n) is 15.7. The van der Waals surface area contributed by atoms with Crippen molar-refractivity contribution in [3.05, 3.63) is 75.0 Å². The molecular weight excluding hydrogens is 381 g/mol. The Bertz CT molecular complexity index is 930. The maximum Gasteiger partial charge on any atom is 0.131 e. The molecule has 2 N–H and O–H groups in total. The Morgan fingerprint density at radius 1 is 1.15 bits per heavy atom. The van der Waals surface area contributed by atoms with Gasteiger partial charge in [-0.05, 0) is 53.8 Å². The summed E-state index contributed by atoms with van der Waals surface area (Å²) in [4.78, 5) is 0. The molecule has 142 valence electrons. The Morgan fingerprint density at radius 2 is 1.85 bits per heavy atom. The molecule has 0 spiro atoms. The number of halogens is 2. The number of para-hydroxylation sites is 1. The van der Waals surface area contributed by atoms with Crippen LogP contribution in [0.15, 0.2) is 42.6 Å². The molecule has 0 atom stereocenters. The highest BCUT2D eigenvalue weighted by Gasteiger charge is 2.19. The predicted octanol–water partition coefficient (Wildman–Crippen LogP) is 5.65. The van der Waals surface area contributed by atoms with Crippen LogP contribution in [-0.4, -0.2) is 9.78 Å². The molecule has 0 aliphatic rings. The Kier molecular flexibility index (Phi) is 6.10. The van der Waals surface area contributed by atoms with Crippen molar-refractivity contribution in [1.29, 1.82) is 0 Å². The first-order chi connectivity index (χ1) is 12.9. The average Bonchev–Trinajstić information content (AvgIpc) is 3.04. The van der Waals surface area contributed by atoms with Crippen LogP contribution in [0.2, 0.25) is 10.0 Å². The van der Waals surface area contributed by atoms with Crippen molar-refractivity contribution in [2.45, 2.75) is 39.8 Å². The summed E-state index contributed by atoms with van der Waals surface area (Å²) in [6.07, 6.45) is 1.85. The van der Waals surface area contributed by atoms with Crippen molar-refractivity contribution in [2.75, 3.05) is 0 Å². The fourth-order valence-electron chi connectivity index (χ4n) is 3.04. The number of nitrogens with zero attached hydrogens (tertiary/aromatic N) is 2. The van der Waals surface area contributed by atoms with E-state index in [1.165, 1.54) is 0 Å². The Labute approximate surface area is 169 Å². The number of hydrogen-bond donors (Lipinski definition) is 1. The summed E-state index contributed by atoms with van der Waals surface area (Å²) in [5, 5.41) is 5.63. The van der Waals surface area contributed by atoms with Gasteiger partial charge in [-0.25, -0.2) is 4.68 Å². The van der Waals surface area contributed by atoms with Gasteiger partial charge in [0.05, 0.1) is 21.9 Å². The summed E-state index contributed by atoms with van der Waals surface area (Å²) in [6.45, 7) is 7.15. The number of ether oxygens (including phenoxy) is 1. The van der Waals surface area contributed by atoms with Gasteiger partial charge in [-0.2, -0.15) is 5.10 Å². The fourth-order valence-corrected chi connectivity index (χ4v) is 3.59. The van der Waals surface area contributed by atoms with Gasteiger partial charge >= 0.3 is 0 Å². The van der Waals surface area contributed by atoms with E-state index in [2.05, 4.69) is 18.9 Å². The zero-order chi connectivity index (χ0) is 19.6. The highest BCUT2D eigenvalue weighted by Crippen LogP contribution is 2.32. The Hall–Kier alpha value is -2.01. The molecule has 2 aromatic carbocycles. The molecule has 27 heavy (non-hydrogen) atoms. The predicted molar refractivity (Wildman–Crippen MR) is 111 cm³/mol. The van der Waals surface area contributed by atoms with Crippen molar-refractivity contribution < 1.29 is 4.74 Å². The number of nitrogens with two attached hydrogens (primary N) is 1. The summed E-state index contributed by atoms with van der Waals surface area (Å²) in [7, 11) is 0. The van der Waals surface area contributed by atoms with E-state index < -0.39 is 0 Å². The normalized spacial score (nSPS) is 11.2. The van der Waals surface area contributed by atoms with Crippen LogP contribution in [-0.2, 0) is 13.2 Å². The largest absolute Gasteiger partial charge is 0.487 e. The summed E-state index contributed by atoms with van der Waals surface area (Å²) >= 11 is 12.8. The molecule has 1 aromatic heterocycles. The van der Waals surface area contributed by atoms with Crippen molar-refractivity contribution in [3.8, 4) is 11.4 Å². The number of benzene rings is 2. The summed E-state index contributed by atoms with van der Waals surface area (Å²) in [5.74, 6) is 1.08. The topological polar surface area (TPSA) is 53.1 Å². The smallest absolute Gasteiger partial charge is 0.131 e. The maximum absolute atomic E-state index is 6.40. The third kappa shape index (κ3) is 4.13. The van der Waals surface area contributed by atoms with Gasteiger partial charge in [-0.15, -0.1) is 0 Å². The first-order valence-electron chi connectivity index (χ1n) is 8.86. The SMILES string of the molecule is Cc1cc(OCc2c(C(C)C)cnn2-c2c(Cl)cccc2Cl)ccc1CN. The first-order valence-corrected chi connectivity index (χ1v) is 9.61. The van der Waals surface area contributed by atoms with Crippen LogP contribution < -0.4 is 10.5 Å².